The van der Waals surface area contributed by atoms with Crippen LogP contribution in [0.3, 0.4) is 0 Å². The number of furan rings is 1. The highest BCUT2D eigenvalue weighted by atomic mass is 16.4. The van der Waals surface area contributed by atoms with Crippen molar-refractivity contribution in [3.8, 4) is 0 Å². The van der Waals surface area contributed by atoms with Gasteiger partial charge in [0.25, 0.3) is 0 Å². The van der Waals surface area contributed by atoms with E-state index in [-0.39, 0.29) is 12.3 Å². The van der Waals surface area contributed by atoms with Crippen LogP contribution in [0.5, 0.6) is 0 Å². The molecule has 1 aromatic heterocycles. The Labute approximate surface area is 115 Å². The highest BCUT2D eigenvalue weighted by Gasteiger charge is 2.02. The Hall–Kier alpha value is -2.82. The van der Waals surface area contributed by atoms with E-state index in [1.165, 1.54) is 12.3 Å². The summed E-state index contributed by atoms with van der Waals surface area (Å²) in [5, 5.41) is 11.3. The second-order valence-corrected chi connectivity index (χ2v) is 4.11. The van der Waals surface area contributed by atoms with Crippen molar-refractivity contribution in [2.45, 2.75) is 6.42 Å². The molecule has 0 fully saturated rings. The second kappa shape index (κ2) is 6.38. The minimum absolute atomic E-state index is 0.0351. The molecule has 1 aromatic carbocycles. The van der Waals surface area contributed by atoms with Crippen LogP contribution in [0.2, 0.25) is 0 Å². The number of benzene rings is 1. The molecule has 1 heterocycles. The summed E-state index contributed by atoms with van der Waals surface area (Å²) in [6.45, 7) is 0. The summed E-state index contributed by atoms with van der Waals surface area (Å²) in [7, 11) is 0. The molecule has 2 N–H and O–H groups in total. The molecular weight excluding hydrogens is 258 g/mol. The van der Waals surface area contributed by atoms with E-state index in [0.29, 0.717) is 17.0 Å². The molecule has 0 unspecified atom stereocenters. The first kappa shape index (κ1) is 13.6. The first-order valence-electron chi connectivity index (χ1n) is 5.97. The third-order valence-corrected chi connectivity index (χ3v) is 2.52. The van der Waals surface area contributed by atoms with Gasteiger partial charge in [0.05, 0.1) is 12.7 Å². The molecule has 0 atom stereocenters. The molecule has 0 radical (unpaired) electrons. The molecule has 102 valence electrons. The minimum Gasteiger partial charge on any atom is -0.481 e. The molecule has 0 saturated heterocycles. The zero-order valence-corrected chi connectivity index (χ0v) is 10.6. The third-order valence-electron chi connectivity index (χ3n) is 2.52. The smallest absolute Gasteiger partial charge is 0.307 e. The number of aliphatic carboxylic acids is 1. The minimum atomic E-state index is -0.886. The Morgan fingerprint density at radius 3 is 2.55 bits per heavy atom. The largest absolute Gasteiger partial charge is 0.481 e. The fraction of sp³-hybridized carbons (Fsp3) is 0.0667. The second-order valence-electron chi connectivity index (χ2n) is 4.11. The quantitative estimate of drug-likeness (QED) is 0.819. The van der Waals surface area contributed by atoms with E-state index < -0.39 is 5.97 Å². The van der Waals surface area contributed by atoms with Gasteiger partial charge in [-0.25, -0.2) is 0 Å². The van der Waals surface area contributed by atoms with Crippen molar-refractivity contribution in [1.82, 2.24) is 0 Å². The third kappa shape index (κ3) is 4.13. The van der Waals surface area contributed by atoms with Gasteiger partial charge in [0.2, 0.25) is 5.91 Å². The van der Waals surface area contributed by atoms with Gasteiger partial charge in [-0.2, -0.15) is 0 Å². The highest BCUT2D eigenvalue weighted by molar-refractivity contribution is 6.01. The highest BCUT2D eigenvalue weighted by Crippen LogP contribution is 2.10. The first-order chi connectivity index (χ1) is 9.63. The van der Waals surface area contributed by atoms with E-state index in [4.69, 9.17) is 9.52 Å². The first-order valence-corrected chi connectivity index (χ1v) is 5.97. The predicted octanol–water partition coefficient (Wildman–Crippen LogP) is 2.56. The maximum Gasteiger partial charge on any atom is 0.307 e. The zero-order valence-electron chi connectivity index (χ0n) is 10.6. The summed E-state index contributed by atoms with van der Waals surface area (Å²) in [5.41, 5.74) is 1.29. The van der Waals surface area contributed by atoms with Gasteiger partial charge >= 0.3 is 5.97 Å². The lowest BCUT2D eigenvalue weighted by Gasteiger charge is -2.03. The normalized spacial score (nSPS) is 10.6. The fourth-order valence-corrected chi connectivity index (χ4v) is 1.61. The van der Waals surface area contributed by atoms with Crippen LogP contribution >= 0.6 is 0 Å². The Balaban J connectivity index is 1.92. The summed E-state index contributed by atoms with van der Waals surface area (Å²) in [5.74, 6) is -0.576. The standard InChI is InChI=1S/C15H13NO4/c17-14(8-7-13-2-1-9-20-13)16-12-5-3-11(4-6-12)10-15(18)19/h1-9H,10H2,(H,16,17)(H,18,19)/b8-7+. The van der Waals surface area contributed by atoms with Crippen molar-refractivity contribution in [2.75, 3.05) is 5.32 Å². The average molecular weight is 271 g/mol. The molecule has 2 aromatic rings. The molecule has 1 amide bonds. The maximum absolute atomic E-state index is 11.6. The molecular formula is C15H13NO4. The molecule has 0 saturated carbocycles. The van der Waals surface area contributed by atoms with Gasteiger partial charge in [0, 0.05) is 11.8 Å². The van der Waals surface area contributed by atoms with Crippen LogP contribution in [-0.4, -0.2) is 17.0 Å². The molecule has 2 rings (SSSR count). The van der Waals surface area contributed by atoms with Crippen LogP contribution in [0.1, 0.15) is 11.3 Å². The van der Waals surface area contributed by atoms with Crippen molar-refractivity contribution in [3.63, 3.8) is 0 Å². The number of carboxylic acid groups (broad SMARTS) is 1. The molecule has 5 heteroatoms. The number of amides is 1. The average Bonchev–Trinajstić information content (AvgIpc) is 2.91. The van der Waals surface area contributed by atoms with Gasteiger partial charge in [-0.3, -0.25) is 9.59 Å². The Morgan fingerprint density at radius 2 is 1.95 bits per heavy atom. The maximum atomic E-state index is 11.6. The van der Waals surface area contributed by atoms with Crippen LogP contribution in [0.4, 0.5) is 5.69 Å². The molecule has 5 nitrogen and oxygen atoms in total. The van der Waals surface area contributed by atoms with Crippen molar-refractivity contribution in [1.29, 1.82) is 0 Å². The van der Waals surface area contributed by atoms with E-state index in [1.807, 2.05) is 0 Å². The van der Waals surface area contributed by atoms with Gasteiger partial charge < -0.3 is 14.8 Å². The van der Waals surface area contributed by atoms with E-state index in [1.54, 1.807) is 42.5 Å². The Bertz CT molecular complexity index is 612. The summed E-state index contributed by atoms with van der Waals surface area (Å²) in [4.78, 5) is 22.2. The molecule has 0 bridgehead atoms. The van der Waals surface area contributed by atoms with Gasteiger partial charge in [-0.1, -0.05) is 12.1 Å². The number of anilines is 1. The van der Waals surface area contributed by atoms with Crippen LogP contribution in [0.25, 0.3) is 6.08 Å². The van der Waals surface area contributed by atoms with Crippen LogP contribution in [-0.2, 0) is 16.0 Å². The Morgan fingerprint density at radius 1 is 1.20 bits per heavy atom. The summed E-state index contributed by atoms with van der Waals surface area (Å²) >= 11 is 0. The van der Waals surface area contributed by atoms with Gasteiger partial charge in [-0.05, 0) is 35.9 Å². The summed E-state index contributed by atoms with van der Waals surface area (Å²) in [6.07, 6.45) is 4.42. The monoisotopic (exact) mass is 271 g/mol. The van der Waals surface area contributed by atoms with Crippen molar-refractivity contribution < 1.29 is 19.1 Å². The molecule has 0 aliphatic carbocycles. The summed E-state index contributed by atoms with van der Waals surface area (Å²) in [6, 6.07) is 10.1. The van der Waals surface area contributed by atoms with Crippen molar-refractivity contribution in [2.24, 2.45) is 0 Å². The number of nitrogens with one attached hydrogen (secondary N) is 1. The summed E-state index contributed by atoms with van der Waals surface area (Å²) < 4.78 is 5.06. The van der Waals surface area contributed by atoms with Crippen LogP contribution < -0.4 is 5.32 Å². The molecule has 0 spiro atoms. The Kier molecular flexibility index (Phi) is 4.34. The lowest BCUT2D eigenvalue weighted by molar-refractivity contribution is -0.136. The number of carbonyl (C=O) groups is 2. The van der Waals surface area contributed by atoms with Gasteiger partial charge in [0.1, 0.15) is 5.76 Å². The lowest BCUT2D eigenvalue weighted by Crippen LogP contribution is -2.08. The van der Waals surface area contributed by atoms with E-state index in [0.717, 1.165) is 0 Å². The molecule has 0 aliphatic heterocycles. The van der Waals surface area contributed by atoms with Crippen molar-refractivity contribution in [3.05, 3.63) is 60.1 Å². The topological polar surface area (TPSA) is 79.5 Å². The van der Waals surface area contributed by atoms with E-state index >= 15 is 0 Å². The number of hydrogen-bond acceptors (Lipinski definition) is 3. The SMILES string of the molecule is O=C(O)Cc1ccc(NC(=O)/C=C/c2ccco2)cc1. The number of rotatable bonds is 5. The lowest BCUT2D eigenvalue weighted by atomic mass is 10.1. The van der Waals surface area contributed by atoms with E-state index in [2.05, 4.69) is 5.32 Å². The number of carbonyl (C=O) groups excluding carboxylic acids is 1. The fourth-order valence-electron chi connectivity index (χ4n) is 1.61. The number of hydrogen-bond donors (Lipinski definition) is 2. The van der Waals surface area contributed by atoms with Crippen molar-refractivity contribution >= 4 is 23.6 Å². The van der Waals surface area contributed by atoms with Crippen LogP contribution in [0, 0.1) is 0 Å². The van der Waals surface area contributed by atoms with Gasteiger partial charge in [0.15, 0.2) is 0 Å². The zero-order chi connectivity index (χ0) is 14.4. The van der Waals surface area contributed by atoms with Crippen LogP contribution in [0.15, 0.2) is 53.2 Å². The van der Waals surface area contributed by atoms with Gasteiger partial charge in [-0.15, -0.1) is 0 Å². The predicted molar refractivity (Wildman–Crippen MR) is 74.2 cm³/mol. The molecule has 0 aliphatic rings. The number of carboxylic acids is 1. The molecule has 20 heavy (non-hydrogen) atoms. The van der Waals surface area contributed by atoms with E-state index in [9.17, 15) is 9.59 Å².